The van der Waals surface area contributed by atoms with Gasteiger partial charge in [-0.15, -0.1) is 0 Å². The Labute approximate surface area is 91.3 Å². The first-order valence-electron chi connectivity index (χ1n) is 5.77. The average molecular weight is 205 g/mol. The molecule has 82 valence electrons. The molecule has 0 aliphatic heterocycles. The Balaban J connectivity index is 1.85. The summed E-state index contributed by atoms with van der Waals surface area (Å²) in [6, 6.07) is 0.510. The summed E-state index contributed by atoms with van der Waals surface area (Å²) in [5, 5.41) is 3.35. The second-order valence-electron chi connectivity index (χ2n) is 4.69. The van der Waals surface area contributed by atoms with Gasteiger partial charge in [0.05, 0.1) is 0 Å². The molecule has 1 aromatic rings. The first-order chi connectivity index (χ1) is 7.24. The number of hydrogen-bond donors (Lipinski definition) is 1. The molecule has 1 aromatic heterocycles. The Kier molecular flexibility index (Phi) is 3.31. The number of nitrogens with one attached hydrogen (secondary N) is 1. The Bertz CT molecular complexity index is 301. The molecule has 0 saturated heterocycles. The van der Waals surface area contributed by atoms with Crippen LogP contribution in [0.5, 0.6) is 0 Å². The van der Waals surface area contributed by atoms with E-state index in [1.807, 2.05) is 12.4 Å². The van der Waals surface area contributed by atoms with E-state index in [1.54, 1.807) is 0 Å². The van der Waals surface area contributed by atoms with Crippen molar-refractivity contribution in [1.82, 2.24) is 15.3 Å². The van der Waals surface area contributed by atoms with E-state index in [9.17, 15) is 0 Å². The van der Waals surface area contributed by atoms with E-state index < -0.39 is 0 Å². The zero-order valence-electron chi connectivity index (χ0n) is 9.53. The lowest BCUT2D eigenvalue weighted by Gasteiger charge is -2.07. The van der Waals surface area contributed by atoms with Gasteiger partial charge in [0, 0.05) is 37.0 Å². The van der Waals surface area contributed by atoms with Gasteiger partial charge in [-0.3, -0.25) is 0 Å². The molecule has 1 N–H and O–H groups in total. The first-order valence-corrected chi connectivity index (χ1v) is 5.77. The molecule has 1 aliphatic carbocycles. The van der Waals surface area contributed by atoms with Gasteiger partial charge in [-0.05, 0) is 18.8 Å². The standard InChI is InChI=1S/C12H19N3/c1-9(2)13-6-11-7-14-12(15-8-11)5-10-3-4-10/h7-10,13H,3-6H2,1-2H3. The number of hydrogen-bond acceptors (Lipinski definition) is 3. The minimum absolute atomic E-state index is 0.510. The maximum Gasteiger partial charge on any atom is 0.128 e. The molecule has 1 saturated carbocycles. The molecule has 3 heteroatoms. The van der Waals surface area contributed by atoms with Gasteiger partial charge < -0.3 is 5.32 Å². The van der Waals surface area contributed by atoms with Gasteiger partial charge in [0.25, 0.3) is 0 Å². The Morgan fingerprint density at radius 2 is 2.00 bits per heavy atom. The fourth-order valence-electron chi connectivity index (χ4n) is 1.48. The molecule has 2 rings (SSSR count). The lowest BCUT2D eigenvalue weighted by atomic mass is 10.2. The van der Waals surface area contributed by atoms with Crippen LogP contribution in [0.3, 0.4) is 0 Å². The molecule has 1 fully saturated rings. The van der Waals surface area contributed by atoms with Crippen molar-refractivity contribution in [3.05, 3.63) is 23.8 Å². The third-order valence-corrected chi connectivity index (χ3v) is 2.64. The fraction of sp³-hybridized carbons (Fsp3) is 0.667. The van der Waals surface area contributed by atoms with E-state index in [1.165, 1.54) is 18.4 Å². The molecule has 1 aliphatic rings. The quantitative estimate of drug-likeness (QED) is 0.798. The topological polar surface area (TPSA) is 37.8 Å². The lowest BCUT2D eigenvalue weighted by Crippen LogP contribution is -2.22. The highest BCUT2D eigenvalue weighted by Crippen LogP contribution is 2.31. The normalized spacial score (nSPS) is 15.9. The van der Waals surface area contributed by atoms with Crippen LogP contribution >= 0.6 is 0 Å². The fourth-order valence-corrected chi connectivity index (χ4v) is 1.48. The minimum atomic E-state index is 0.510. The van der Waals surface area contributed by atoms with Gasteiger partial charge in [-0.2, -0.15) is 0 Å². The van der Waals surface area contributed by atoms with Crippen molar-refractivity contribution in [2.75, 3.05) is 0 Å². The van der Waals surface area contributed by atoms with Gasteiger partial charge in [0.2, 0.25) is 0 Å². The van der Waals surface area contributed by atoms with E-state index >= 15 is 0 Å². The summed E-state index contributed by atoms with van der Waals surface area (Å²) in [7, 11) is 0. The van der Waals surface area contributed by atoms with Gasteiger partial charge >= 0.3 is 0 Å². The van der Waals surface area contributed by atoms with E-state index in [0.29, 0.717) is 6.04 Å². The van der Waals surface area contributed by atoms with Crippen LogP contribution in [0.15, 0.2) is 12.4 Å². The molecule has 0 radical (unpaired) electrons. The Morgan fingerprint density at radius 1 is 1.33 bits per heavy atom. The lowest BCUT2D eigenvalue weighted by molar-refractivity contribution is 0.585. The summed E-state index contributed by atoms with van der Waals surface area (Å²) in [5.41, 5.74) is 1.17. The molecular weight excluding hydrogens is 186 g/mol. The summed E-state index contributed by atoms with van der Waals surface area (Å²) in [5.74, 6) is 1.87. The highest BCUT2D eigenvalue weighted by Gasteiger charge is 2.22. The zero-order chi connectivity index (χ0) is 10.7. The van der Waals surface area contributed by atoms with Gasteiger partial charge in [-0.1, -0.05) is 13.8 Å². The van der Waals surface area contributed by atoms with E-state index in [2.05, 4.69) is 29.1 Å². The second kappa shape index (κ2) is 4.71. The van der Waals surface area contributed by atoms with Gasteiger partial charge in [-0.25, -0.2) is 9.97 Å². The monoisotopic (exact) mass is 205 g/mol. The average Bonchev–Trinajstić information content (AvgIpc) is 3.01. The predicted molar refractivity (Wildman–Crippen MR) is 60.4 cm³/mol. The Morgan fingerprint density at radius 3 is 2.53 bits per heavy atom. The van der Waals surface area contributed by atoms with Crippen molar-refractivity contribution in [2.45, 2.75) is 45.7 Å². The number of rotatable bonds is 5. The van der Waals surface area contributed by atoms with E-state index in [-0.39, 0.29) is 0 Å². The van der Waals surface area contributed by atoms with Crippen LogP contribution < -0.4 is 5.32 Å². The molecule has 0 amide bonds. The summed E-state index contributed by atoms with van der Waals surface area (Å²) < 4.78 is 0. The van der Waals surface area contributed by atoms with Crippen molar-refractivity contribution >= 4 is 0 Å². The van der Waals surface area contributed by atoms with Crippen LogP contribution in [-0.4, -0.2) is 16.0 Å². The van der Waals surface area contributed by atoms with Crippen molar-refractivity contribution in [3.63, 3.8) is 0 Å². The van der Waals surface area contributed by atoms with Crippen LogP contribution in [0, 0.1) is 5.92 Å². The van der Waals surface area contributed by atoms with Crippen molar-refractivity contribution in [2.24, 2.45) is 5.92 Å². The SMILES string of the molecule is CC(C)NCc1cnc(CC2CC2)nc1. The number of nitrogens with zero attached hydrogens (tertiary/aromatic N) is 2. The second-order valence-corrected chi connectivity index (χ2v) is 4.69. The van der Waals surface area contributed by atoms with Crippen molar-refractivity contribution in [3.8, 4) is 0 Å². The van der Waals surface area contributed by atoms with Gasteiger partial charge in [0.1, 0.15) is 5.82 Å². The summed E-state index contributed by atoms with van der Waals surface area (Å²) in [6.07, 6.45) is 7.68. The van der Waals surface area contributed by atoms with Crippen molar-refractivity contribution in [1.29, 1.82) is 0 Å². The highest BCUT2D eigenvalue weighted by molar-refractivity contribution is 5.06. The molecule has 0 atom stereocenters. The molecule has 0 spiro atoms. The van der Waals surface area contributed by atoms with Crippen molar-refractivity contribution < 1.29 is 0 Å². The molecular formula is C12H19N3. The smallest absolute Gasteiger partial charge is 0.128 e. The maximum atomic E-state index is 4.39. The molecule has 0 bridgehead atoms. The third-order valence-electron chi connectivity index (χ3n) is 2.64. The summed E-state index contributed by atoms with van der Waals surface area (Å²) in [6.45, 7) is 5.14. The van der Waals surface area contributed by atoms with E-state index in [4.69, 9.17) is 0 Å². The zero-order valence-corrected chi connectivity index (χ0v) is 9.53. The van der Waals surface area contributed by atoms with Crippen LogP contribution in [-0.2, 0) is 13.0 Å². The highest BCUT2D eigenvalue weighted by atomic mass is 14.9. The van der Waals surface area contributed by atoms with Crippen LogP contribution in [0.2, 0.25) is 0 Å². The van der Waals surface area contributed by atoms with Crippen LogP contribution in [0.25, 0.3) is 0 Å². The molecule has 0 aromatic carbocycles. The third kappa shape index (κ3) is 3.59. The first kappa shape index (κ1) is 10.6. The largest absolute Gasteiger partial charge is 0.310 e. The van der Waals surface area contributed by atoms with E-state index in [0.717, 1.165) is 24.7 Å². The summed E-state index contributed by atoms with van der Waals surface area (Å²) >= 11 is 0. The minimum Gasteiger partial charge on any atom is -0.310 e. The van der Waals surface area contributed by atoms with Gasteiger partial charge in [0.15, 0.2) is 0 Å². The molecule has 1 heterocycles. The summed E-state index contributed by atoms with van der Waals surface area (Å²) in [4.78, 5) is 8.77. The molecule has 3 nitrogen and oxygen atoms in total. The van der Waals surface area contributed by atoms with Crippen LogP contribution in [0.1, 0.15) is 38.1 Å². The molecule has 15 heavy (non-hydrogen) atoms. The van der Waals surface area contributed by atoms with Crippen LogP contribution in [0.4, 0.5) is 0 Å². The molecule has 0 unspecified atom stereocenters. The number of aromatic nitrogens is 2. The predicted octanol–water partition coefficient (Wildman–Crippen LogP) is 1.93. The Hall–Kier alpha value is -0.960. The maximum absolute atomic E-state index is 4.39.